The van der Waals surface area contributed by atoms with Gasteiger partial charge >= 0.3 is 0 Å². The quantitative estimate of drug-likeness (QED) is 0.653. The summed E-state index contributed by atoms with van der Waals surface area (Å²) in [6.45, 7) is 5.05. The number of carbonyl (C=O) groups is 2. The molecular formula is C21H21N3O3S2. The number of carbonyl (C=O) groups excluding carboxylic acids is 2. The lowest BCUT2D eigenvalue weighted by Gasteiger charge is -2.26. The Morgan fingerprint density at radius 2 is 1.97 bits per heavy atom. The largest absolute Gasteiger partial charge is 0.491 e. The first-order chi connectivity index (χ1) is 14.0. The Kier molecular flexibility index (Phi) is 5.64. The van der Waals surface area contributed by atoms with Crippen LogP contribution in [0.3, 0.4) is 0 Å². The Labute approximate surface area is 177 Å². The molecule has 1 aliphatic heterocycles. The van der Waals surface area contributed by atoms with Crippen molar-refractivity contribution in [1.82, 2.24) is 9.88 Å². The number of thiophene rings is 1. The predicted molar refractivity (Wildman–Crippen MR) is 115 cm³/mol. The number of nitrogens with one attached hydrogen (secondary N) is 1. The zero-order chi connectivity index (χ0) is 20.4. The van der Waals surface area contributed by atoms with E-state index in [2.05, 4.69) is 10.3 Å². The molecule has 1 N–H and O–H groups in total. The molecule has 2 amide bonds. The van der Waals surface area contributed by atoms with Crippen LogP contribution in [0.25, 0.3) is 0 Å². The van der Waals surface area contributed by atoms with Gasteiger partial charge in [-0.05, 0) is 49.6 Å². The summed E-state index contributed by atoms with van der Waals surface area (Å²) in [7, 11) is 0. The van der Waals surface area contributed by atoms with Gasteiger partial charge in [-0.2, -0.15) is 11.3 Å². The zero-order valence-electron chi connectivity index (χ0n) is 16.2. The smallest absolute Gasteiger partial charge is 0.258 e. The second-order valence-electron chi connectivity index (χ2n) is 7.02. The first-order valence-corrected chi connectivity index (χ1v) is 11.1. The molecule has 0 unspecified atom stereocenters. The highest BCUT2D eigenvalue weighted by atomic mass is 32.1. The molecule has 0 fully saturated rings. The van der Waals surface area contributed by atoms with Crippen molar-refractivity contribution < 1.29 is 14.3 Å². The van der Waals surface area contributed by atoms with E-state index in [0.717, 1.165) is 16.3 Å². The van der Waals surface area contributed by atoms with Gasteiger partial charge in [0.15, 0.2) is 5.13 Å². The van der Waals surface area contributed by atoms with E-state index in [1.165, 1.54) is 22.7 Å². The normalized spacial score (nSPS) is 13.3. The number of ether oxygens (including phenoxy) is 1. The second kappa shape index (κ2) is 8.34. The van der Waals surface area contributed by atoms with Gasteiger partial charge in [0.25, 0.3) is 11.8 Å². The number of anilines is 1. The summed E-state index contributed by atoms with van der Waals surface area (Å²) in [5.41, 5.74) is 2.23. The topological polar surface area (TPSA) is 71.5 Å². The van der Waals surface area contributed by atoms with Crippen molar-refractivity contribution in [2.24, 2.45) is 0 Å². The van der Waals surface area contributed by atoms with Crippen molar-refractivity contribution in [2.45, 2.75) is 32.9 Å². The minimum atomic E-state index is -0.158. The molecule has 0 bridgehead atoms. The molecule has 1 aromatic carbocycles. The Bertz CT molecular complexity index is 1010. The van der Waals surface area contributed by atoms with Crippen LogP contribution in [0.5, 0.6) is 5.75 Å². The molecule has 29 heavy (non-hydrogen) atoms. The molecule has 6 nitrogen and oxygen atoms in total. The summed E-state index contributed by atoms with van der Waals surface area (Å²) < 4.78 is 5.64. The number of benzene rings is 1. The lowest BCUT2D eigenvalue weighted by atomic mass is 10.1. The summed E-state index contributed by atoms with van der Waals surface area (Å²) in [5.74, 6) is 0.587. The molecule has 0 aliphatic carbocycles. The van der Waals surface area contributed by atoms with E-state index in [9.17, 15) is 9.59 Å². The number of thiazole rings is 1. The van der Waals surface area contributed by atoms with Crippen LogP contribution in [0.15, 0.2) is 41.1 Å². The summed E-state index contributed by atoms with van der Waals surface area (Å²) in [6, 6.07) is 9.04. The minimum absolute atomic E-state index is 0.0102. The van der Waals surface area contributed by atoms with E-state index in [0.29, 0.717) is 35.8 Å². The molecule has 0 saturated carbocycles. The average Bonchev–Trinajstić information content (AvgIpc) is 3.36. The van der Waals surface area contributed by atoms with E-state index in [1.807, 2.05) is 36.3 Å². The highest BCUT2D eigenvalue weighted by molar-refractivity contribution is 7.16. The molecule has 150 valence electrons. The van der Waals surface area contributed by atoms with Crippen LogP contribution in [-0.2, 0) is 13.0 Å². The number of rotatable bonds is 5. The van der Waals surface area contributed by atoms with Crippen LogP contribution in [0.1, 0.15) is 45.1 Å². The van der Waals surface area contributed by atoms with E-state index >= 15 is 0 Å². The molecule has 2 aromatic heterocycles. The predicted octanol–water partition coefficient (Wildman–Crippen LogP) is 4.44. The second-order valence-corrected chi connectivity index (χ2v) is 8.89. The van der Waals surface area contributed by atoms with Crippen molar-refractivity contribution in [2.75, 3.05) is 11.9 Å². The molecule has 1 aliphatic rings. The monoisotopic (exact) mass is 427 g/mol. The number of nitrogens with zero attached hydrogens (tertiary/aromatic N) is 2. The van der Waals surface area contributed by atoms with Crippen molar-refractivity contribution in [3.8, 4) is 5.75 Å². The van der Waals surface area contributed by atoms with Crippen LogP contribution in [0, 0.1) is 0 Å². The summed E-state index contributed by atoms with van der Waals surface area (Å²) >= 11 is 2.91. The number of hydrogen-bond donors (Lipinski definition) is 1. The molecule has 4 rings (SSSR count). The third kappa shape index (κ3) is 4.49. The molecule has 0 saturated heterocycles. The number of aromatic nitrogens is 1. The van der Waals surface area contributed by atoms with Crippen molar-refractivity contribution in [1.29, 1.82) is 0 Å². The van der Waals surface area contributed by atoms with Crippen LogP contribution >= 0.6 is 22.7 Å². The minimum Gasteiger partial charge on any atom is -0.491 e. The van der Waals surface area contributed by atoms with Crippen LogP contribution in [0.2, 0.25) is 0 Å². The molecular weight excluding hydrogens is 406 g/mol. The Morgan fingerprint density at radius 3 is 2.66 bits per heavy atom. The van der Waals surface area contributed by atoms with E-state index < -0.39 is 0 Å². The van der Waals surface area contributed by atoms with Gasteiger partial charge in [0.2, 0.25) is 0 Å². The SMILES string of the molecule is CC(C)Oc1ccc(C(=O)N2CCc3nc(NC(=O)c4ccsc4)sc3C2)cc1. The standard InChI is InChI=1S/C21H21N3O3S2/c1-13(2)27-16-5-3-14(4-6-16)20(26)24-9-7-17-18(11-24)29-21(22-17)23-19(25)15-8-10-28-12-15/h3-6,8,10,12-13H,7,9,11H2,1-2H3,(H,22,23,25). The maximum atomic E-state index is 12.9. The summed E-state index contributed by atoms with van der Waals surface area (Å²) in [6.07, 6.45) is 0.776. The maximum absolute atomic E-state index is 12.9. The van der Waals surface area contributed by atoms with Crippen molar-refractivity contribution in [3.63, 3.8) is 0 Å². The van der Waals surface area contributed by atoms with Gasteiger partial charge in [0.05, 0.1) is 23.9 Å². The summed E-state index contributed by atoms with van der Waals surface area (Å²) in [5, 5.41) is 7.11. The van der Waals surface area contributed by atoms with Gasteiger partial charge in [-0.3, -0.25) is 14.9 Å². The fourth-order valence-electron chi connectivity index (χ4n) is 3.12. The van der Waals surface area contributed by atoms with Gasteiger partial charge < -0.3 is 9.64 Å². The van der Waals surface area contributed by atoms with Crippen LogP contribution in [-0.4, -0.2) is 34.3 Å². The van der Waals surface area contributed by atoms with E-state index in [4.69, 9.17) is 4.74 Å². The fraction of sp³-hybridized carbons (Fsp3) is 0.286. The lowest BCUT2D eigenvalue weighted by Crippen LogP contribution is -2.35. The number of hydrogen-bond acceptors (Lipinski definition) is 6. The van der Waals surface area contributed by atoms with Crippen molar-refractivity contribution >= 4 is 39.6 Å². The van der Waals surface area contributed by atoms with Gasteiger partial charge in [-0.15, -0.1) is 0 Å². The Morgan fingerprint density at radius 1 is 1.17 bits per heavy atom. The van der Waals surface area contributed by atoms with Gasteiger partial charge in [-0.25, -0.2) is 4.98 Å². The molecule has 3 aromatic rings. The Balaban J connectivity index is 1.42. The Hall–Kier alpha value is -2.71. The highest BCUT2D eigenvalue weighted by Crippen LogP contribution is 2.29. The third-order valence-corrected chi connectivity index (χ3v) is 6.18. The average molecular weight is 428 g/mol. The fourth-order valence-corrected chi connectivity index (χ4v) is 4.77. The number of amides is 2. The van der Waals surface area contributed by atoms with Gasteiger partial charge in [-0.1, -0.05) is 11.3 Å². The van der Waals surface area contributed by atoms with Crippen LogP contribution in [0.4, 0.5) is 5.13 Å². The van der Waals surface area contributed by atoms with E-state index in [1.54, 1.807) is 23.6 Å². The molecule has 0 atom stereocenters. The van der Waals surface area contributed by atoms with E-state index in [-0.39, 0.29) is 17.9 Å². The lowest BCUT2D eigenvalue weighted by molar-refractivity contribution is 0.0736. The van der Waals surface area contributed by atoms with Crippen molar-refractivity contribution in [3.05, 3.63) is 62.8 Å². The first kappa shape index (κ1) is 19.6. The van der Waals surface area contributed by atoms with Crippen LogP contribution < -0.4 is 10.1 Å². The van der Waals surface area contributed by atoms with Gasteiger partial charge in [0, 0.05) is 28.8 Å². The highest BCUT2D eigenvalue weighted by Gasteiger charge is 2.25. The molecule has 8 heteroatoms. The maximum Gasteiger partial charge on any atom is 0.258 e. The summed E-state index contributed by atoms with van der Waals surface area (Å²) in [4.78, 5) is 32.5. The number of fused-ring (bicyclic) bond motifs is 1. The van der Waals surface area contributed by atoms with Gasteiger partial charge in [0.1, 0.15) is 5.75 Å². The third-order valence-electron chi connectivity index (χ3n) is 4.50. The first-order valence-electron chi connectivity index (χ1n) is 9.37. The molecule has 0 spiro atoms. The zero-order valence-corrected chi connectivity index (χ0v) is 17.8. The molecule has 3 heterocycles. The molecule has 0 radical (unpaired) electrons.